The summed E-state index contributed by atoms with van der Waals surface area (Å²) >= 11 is 0. The summed E-state index contributed by atoms with van der Waals surface area (Å²) < 4.78 is 0. The van der Waals surface area contributed by atoms with Crippen molar-refractivity contribution < 1.29 is 9.59 Å². The molecule has 6 heteroatoms. The van der Waals surface area contributed by atoms with E-state index in [9.17, 15) is 9.59 Å². The molecule has 0 unspecified atom stereocenters. The van der Waals surface area contributed by atoms with Gasteiger partial charge >= 0.3 is 0 Å². The third kappa shape index (κ3) is 6.07. The summed E-state index contributed by atoms with van der Waals surface area (Å²) in [6.07, 6.45) is 1.70. The van der Waals surface area contributed by atoms with Crippen LogP contribution < -0.4 is 10.2 Å². The second-order valence-corrected chi connectivity index (χ2v) is 7.89. The number of benzene rings is 2. The zero-order chi connectivity index (χ0) is 21.3. The minimum atomic E-state index is -0.0877. The topological polar surface area (TPSA) is 55.9 Å². The minimum Gasteiger partial charge on any atom is -0.378 e. The summed E-state index contributed by atoms with van der Waals surface area (Å²) in [4.78, 5) is 31.7. The molecule has 1 fully saturated rings. The average molecular weight is 409 g/mol. The Hall–Kier alpha value is -2.86. The Kier molecular flexibility index (Phi) is 7.85. The molecule has 2 amide bonds. The van der Waals surface area contributed by atoms with Crippen molar-refractivity contribution in [2.45, 2.75) is 12.8 Å². The van der Waals surface area contributed by atoms with Crippen LogP contribution in [0.15, 0.2) is 54.6 Å². The van der Waals surface area contributed by atoms with E-state index >= 15 is 0 Å². The molecule has 1 N–H and O–H groups in total. The first kappa shape index (κ1) is 21.8. The third-order valence-corrected chi connectivity index (χ3v) is 5.43. The van der Waals surface area contributed by atoms with Gasteiger partial charge in [0.15, 0.2) is 0 Å². The Bertz CT molecular complexity index is 832. The van der Waals surface area contributed by atoms with Crippen LogP contribution in [0.3, 0.4) is 0 Å². The second kappa shape index (κ2) is 10.8. The predicted molar refractivity (Wildman–Crippen MR) is 121 cm³/mol. The summed E-state index contributed by atoms with van der Waals surface area (Å²) in [5, 5.41) is 3.26. The number of hydrogen-bond acceptors (Lipinski definition) is 4. The highest BCUT2D eigenvalue weighted by molar-refractivity contribution is 5.97. The van der Waals surface area contributed by atoms with Gasteiger partial charge in [-0.05, 0) is 36.6 Å². The summed E-state index contributed by atoms with van der Waals surface area (Å²) in [6, 6.07) is 17.8. The zero-order valence-corrected chi connectivity index (χ0v) is 18.0. The minimum absolute atomic E-state index is 0.0216. The molecular weight excluding hydrogens is 376 g/mol. The number of aryl methyl sites for hydroxylation is 1. The van der Waals surface area contributed by atoms with E-state index in [1.807, 2.05) is 66.4 Å². The maximum atomic E-state index is 13.3. The van der Waals surface area contributed by atoms with Gasteiger partial charge in [0.05, 0.1) is 0 Å². The fourth-order valence-corrected chi connectivity index (χ4v) is 3.65. The number of carbonyl (C=O) groups excluding carboxylic acids is 2. The number of nitrogens with zero attached hydrogens (tertiary/aromatic N) is 3. The van der Waals surface area contributed by atoms with Crippen molar-refractivity contribution >= 4 is 17.5 Å². The molecule has 0 bridgehead atoms. The Morgan fingerprint density at radius 2 is 1.73 bits per heavy atom. The van der Waals surface area contributed by atoms with Crippen LogP contribution in [-0.2, 0) is 11.2 Å². The summed E-state index contributed by atoms with van der Waals surface area (Å²) in [6.45, 7) is 3.68. The van der Waals surface area contributed by atoms with Crippen LogP contribution in [0.5, 0.6) is 0 Å². The van der Waals surface area contributed by atoms with Crippen molar-refractivity contribution in [1.82, 2.24) is 15.1 Å². The largest absolute Gasteiger partial charge is 0.378 e. The standard InChI is InChI=1S/C24H32N4O2/c1-26(2)22-12-6-11-21(18-22)24(30)28(15-7-10-20-8-4-3-5-9-20)19-23(29)27-16-13-25-14-17-27/h3-6,8-9,11-12,18,25H,7,10,13-17,19H2,1-2H3. The van der Waals surface area contributed by atoms with E-state index in [2.05, 4.69) is 17.4 Å². The van der Waals surface area contributed by atoms with Crippen molar-refractivity contribution in [2.24, 2.45) is 0 Å². The molecule has 6 nitrogen and oxygen atoms in total. The molecule has 0 spiro atoms. The quantitative estimate of drug-likeness (QED) is 0.728. The molecule has 0 atom stereocenters. The summed E-state index contributed by atoms with van der Waals surface area (Å²) in [5.74, 6) is -0.0661. The average Bonchev–Trinajstić information content (AvgIpc) is 2.79. The Labute approximate surface area is 179 Å². The van der Waals surface area contributed by atoms with E-state index in [0.717, 1.165) is 31.6 Å². The molecule has 0 aliphatic carbocycles. The smallest absolute Gasteiger partial charge is 0.254 e. The maximum Gasteiger partial charge on any atom is 0.254 e. The molecule has 1 saturated heterocycles. The van der Waals surface area contributed by atoms with Crippen LogP contribution >= 0.6 is 0 Å². The van der Waals surface area contributed by atoms with E-state index in [-0.39, 0.29) is 18.4 Å². The number of amides is 2. The van der Waals surface area contributed by atoms with E-state index in [1.54, 1.807) is 4.90 Å². The lowest BCUT2D eigenvalue weighted by atomic mass is 10.1. The Balaban J connectivity index is 1.70. The highest BCUT2D eigenvalue weighted by Gasteiger charge is 2.23. The van der Waals surface area contributed by atoms with Gasteiger partial charge in [-0.15, -0.1) is 0 Å². The normalized spacial score (nSPS) is 13.7. The highest BCUT2D eigenvalue weighted by atomic mass is 16.2. The molecule has 3 rings (SSSR count). The molecular formula is C24H32N4O2. The lowest BCUT2D eigenvalue weighted by Crippen LogP contribution is -2.50. The number of anilines is 1. The van der Waals surface area contributed by atoms with Gasteiger partial charge in [-0.1, -0.05) is 36.4 Å². The molecule has 160 valence electrons. The Morgan fingerprint density at radius 1 is 1.00 bits per heavy atom. The summed E-state index contributed by atoms with van der Waals surface area (Å²) in [5.41, 5.74) is 2.83. The third-order valence-electron chi connectivity index (χ3n) is 5.43. The van der Waals surface area contributed by atoms with Gasteiger partial charge in [-0.25, -0.2) is 0 Å². The molecule has 30 heavy (non-hydrogen) atoms. The van der Waals surface area contributed by atoms with Crippen molar-refractivity contribution in [3.8, 4) is 0 Å². The van der Waals surface area contributed by atoms with E-state index < -0.39 is 0 Å². The maximum absolute atomic E-state index is 13.3. The van der Waals surface area contributed by atoms with Gasteiger partial charge in [0.1, 0.15) is 6.54 Å². The van der Waals surface area contributed by atoms with Crippen molar-refractivity contribution in [1.29, 1.82) is 0 Å². The molecule has 0 radical (unpaired) electrons. The molecule has 2 aromatic carbocycles. The van der Waals surface area contributed by atoms with E-state index in [1.165, 1.54) is 5.56 Å². The van der Waals surface area contributed by atoms with Gasteiger partial charge in [0, 0.05) is 58.1 Å². The van der Waals surface area contributed by atoms with Crippen LogP contribution in [0.25, 0.3) is 0 Å². The fourth-order valence-electron chi connectivity index (χ4n) is 3.65. The van der Waals surface area contributed by atoms with Crippen LogP contribution in [-0.4, -0.2) is 75.0 Å². The van der Waals surface area contributed by atoms with Crippen molar-refractivity contribution in [3.63, 3.8) is 0 Å². The van der Waals surface area contributed by atoms with Gasteiger partial charge in [0.2, 0.25) is 5.91 Å². The van der Waals surface area contributed by atoms with Gasteiger partial charge in [0.25, 0.3) is 5.91 Å². The molecule has 1 aliphatic heterocycles. The first-order valence-electron chi connectivity index (χ1n) is 10.6. The number of rotatable bonds is 8. The second-order valence-electron chi connectivity index (χ2n) is 7.89. The SMILES string of the molecule is CN(C)c1cccc(C(=O)N(CCCc2ccccc2)CC(=O)N2CCNCC2)c1. The number of piperazine rings is 1. The monoisotopic (exact) mass is 408 g/mol. The van der Waals surface area contributed by atoms with Gasteiger partial charge < -0.3 is 20.0 Å². The number of hydrogen-bond donors (Lipinski definition) is 1. The van der Waals surface area contributed by atoms with Crippen LogP contribution in [0.2, 0.25) is 0 Å². The first-order valence-corrected chi connectivity index (χ1v) is 10.6. The van der Waals surface area contributed by atoms with E-state index in [0.29, 0.717) is 25.2 Å². The fraction of sp³-hybridized carbons (Fsp3) is 0.417. The number of nitrogens with one attached hydrogen (secondary N) is 1. The van der Waals surface area contributed by atoms with Crippen LogP contribution in [0.4, 0.5) is 5.69 Å². The molecule has 1 heterocycles. The highest BCUT2D eigenvalue weighted by Crippen LogP contribution is 2.16. The van der Waals surface area contributed by atoms with Crippen LogP contribution in [0, 0.1) is 0 Å². The van der Waals surface area contributed by atoms with E-state index in [4.69, 9.17) is 0 Å². The lowest BCUT2D eigenvalue weighted by Gasteiger charge is -2.30. The van der Waals surface area contributed by atoms with Crippen LogP contribution in [0.1, 0.15) is 22.3 Å². The van der Waals surface area contributed by atoms with Crippen molar-refractivity contribution in [2.75, 3.05) is 58.3 Å². The molecule has 0 aromatic heterocycles. The summed E-state index contributed by atoms with van der Waals surface area (Å²) in [7, 11) is 3.91. The first-order chi connectivity index (χ1) is 14.5. The number of carbonyl (C=O) groups is 2. The van der Waals surface area contributed by atoms with Crippen molar-refractivity contribution in [3.05, 3.63) is 65.7 Å². The molecule has 0 saturated carbocycles. The molecule has 2 aromatic rings. The Morgan fingerprint density at radius 3 is 2.43 bits per heavy atom. The molecule has 1 aliphatic rings. The van der Waals surface area contributed by atoms with Gasteiger partial charge in [-0.3, -0.25) is 9.59 Å². The van der Waals surface area contributed by atoms with Gasteiger partial charge in [-0.2, -0.15) is 0 Å². The lowest BCUT2D eigenvalue weighted by molar-refractivity contribution is -0.132. The zero-order valence-electron chi connectivity index (χ0n) is 18.0. The predicted octanol–water partition coefficient (Wildman–Crippen LogP) is 2.26.